The summed E-state index contributed by atoms with van der Waals surface area (Å²) >= 11 is 0. The number of ketones is 1. The molecule has 5 nitrogen and oxygen atoms in total. The first-order valence-corrected chi connectivity index (χ1v) is 9.20. The van der Waals surface area contributed by atoms with E-state index in [4.69, 9.17) is 0 Å². The van der Waals surface area contributed by atoms with Crippen molar-refractivity contribution in [3.05, 3.63) is 95.2 Å². The normalized spacial score (nSPS) is 11.1. The van der Waals surface area contributed by atoms with Crippen molar-refractivity contribution >= 4 is 16.7 Å². The van der Waals surface area contributed by atoms with Gasteiger partial charge in [-0.25, -0.2) is 4.98 Å². The molecular formula is C23H21N3O2. The van der Waals surface area contributed by atoms with Crippen LogP contribution in [0.5, 0.6) is 0 Å². The van der Waals surface area contributed by atoms with Crippen LogP contribution < -0.4 is 0 Å². The number of fused-ring (bicyclic) bond motifs is 1. The molecule has 2 aromatic heterocycles. The number of pyridine rings is 1. The molecule has 0 amide bonds. The van der Waals surface area contributed by atoms with E-state index in [0.717, 1.165) is 16.5 Å². The maximum absolute atomic E-state index is 12.6. The van der Waals surface area contributed by atoms with Crippen LogP contribution in [0.1, 0.15) is 32.9 Å². The number of nitrogens with zero attached hydrogens (tertiary/aromatic N) is 3. The molecule has 4 aromatic rings. The largest absolute Gasteiger partial charge is 0.390 e. The van der Waals surface area contributed by atoms with Crippen molar-refractivity contribution in [2.45, 2.75) is 26.5 Å². The Bertz CT molecular complexity index is 1150. The van der Waals surface area contributed by atoms with Crippen LogP contribution >= 0.6 is 0 Å². The number of aryl methyl sites for hydroxylation is 1. The molecule has 0 unspecified atom stereocenters. The predicted molar refractivity (Wildman–Crippen MR) is 108 cm³/mol. The van der Waals surface area contributed by atoms with Gasteiger partial charge in [-0.1, -0.05) is 42.0 Å². The molecule has 1 N–H and O–H groups in total. The number of carbonyl (C=O) groups is 1. The zero-order chi connectivity index (χ0) is 19.5. The van der Waals surface area contributed by atoms with Crippen molar-refractivity contribution in [1.82, 2.24) is 14.5 Å². The van der Waals surface area contributed by atoms with E-state index in [1.165, 1.54) is 11.1 Å². The monoisotopic (exact) mass is 371 g/mol. The maximum Gasteiger partial charge on any atom is 0.187 e. The number of hydrogen-bond acceptors (Lipinski definition) is 4. The highest BCUT2D eigenvalue weighted by Crippen LogP contribution is 2.17. The Kier molecular flexibility index (Phi) is 5.00. The summed E-state index contributed by atoms with van der Waals surface area (Å²) in [6.07, 6.45) is 3.80. The van der Waals surface area contributed by atoms with Gasteiger partial charge in [-0.15, -0.1) is 0 Å². The Morgan fingerprint density at radius 2 is 1.96 bits per heavy atom. The molecule has 0 atom stereocenters. The number of rotatable bonds is 6. The lowest BCUT2D eigenvalue weighted by Gasteiger charge is -2.04. The second-order valence-electron chi connectivity index (χ2n) is 7.01. The first-order valence-electron chi connectivity index (χ1n) is 9.20. The number of benzene rings is 2. The molecule has 0 aliphatic carbocycles. The third-order valence-electron chi connectivity index (χ3n) is 4.70. The molecule has 0 aliphatic heterocycles. The van der Waals surface area contributed by atoms with Gasteiger partial charge in [0.25, 0.3) is 0 Å². The van der Waals surface area contributed by atoms with Crippen molar-refractivity contribution in [2.24, 2.45) is 0 Å². The molecule has 0 fully saturated rings. The zero-order valence-electron chi connectivity index (χ0n) is 15.7. The summed E-state index contributed by atoms with van der Waals surface area (Å²) in [5, 5.41) is 10.1. The maximum atomic E-state index is 12.6. The van der Waals surface area contributed by atoms with Crippen LogP contribution in [0.25, 0.3) is 10.9 Å². The summed E-state index contributed by atoms with van der Waals surface area (Å²) in [6.45, 7) is 2.67. The van der Waals surface area contributed by atoms with E-state index >= 15 is 0 Å². The van der Waals surface area contributed by atoms with Crippen LogP contribution in [0.3, 0.4) is 0 Å². The topological polar surface area (TPSA) is 68.0 Å². The number of imidazole rings is 1. The SMILES string of the molecule is Cc1cccc(Cn2cnc(C(=O)Cc3ccc4nc(CO)ccc4c3)c2)c1. The van der Waals surface area contributed by atoms with Gasteiger partial charge in [0.1, 0.15) is 5.69 Å². The molecule has 0 radical (unpaired) electrons. The molecule has 140 valence electrons. The Labute approximate surface area is 163 Å². The lowest BCUT2D eigenvalue weighted by atomic mass is 10.0. The van der Waals surface area contributed by atoms with Gasteiger partial charge >= 0.3 is 0 Å². The van der Waals surface area contributed by atoms with E-state index in [2.05, 4.69) is 35.1 Å². The Morgan fingerprint density at radius 1 is 1.07 bits per heavy atom. The molecular weight excluding hydrogens is 350 g/mol. The quantitative estimate of drug-likeness (QED) is 0.525. The smallest absolute Gasteiger partial charge is 0.187 e. The van der Waals surface area contributed by atoms with Crippen LogP contribution in [0, 0.1) is 6.92 Å². The number of aliphatic hydroxyl groups excluding tert-OH is 1. The highest BCUT2D eigenvalue weighted by molar-refractivity contribution is 5.96. The Hall–Kier alpha value is -3.31. The summed E-state index contributed by atoms with van der Waals surface area (Å²) in [6, 6.07) is 17.8. The van der Waals surface area contributed by atoms with E-state index in [9.17, 15) is 9.90 Å². The van der Waals surface area contributed by atoms with E-state index in [-0.39, 0.29) is 12.4 Å². The third-order valence-corrected chi connectivity index (χ3v) is 4.70. The summed E-state index contributed by atoms with van der Waals surface area (Å²) < 4.78 is 1.93. The van der Waals surface area contributed by atoms with Gasteiger partial charge in [0.2, 0.25) is 0 Å². The molecule has 0 spiro atoms. The van der Waals surface area contributed by atoms with Gasteiger partial charge in [0.15, 0.2) is 5.78 Å². The van der Waals surface area contributed by atoms with Crippen molar-refractivity contribution in [2.75, 3.05) is 0 Å². The van der Waals surface area contributed by atoms with Gasteiger partial charge < -0.3 is 9.67 Å². The molecule has 0 bridgehead atoms. The van der Waals surface area contributed by atoms with E-state index in [1.807, 2.05) is 34.9 Å². The number of hydrogen-bond donors (Lipinski definition) is 1. The van der Waals surface area contributed by atoms with Gasteiger partial charge in [-0.05, 0) is 36.2 Å². The number of aromatic nitrogens is 3. The summed E-state index contributed by atoms with van der Waals surface area (Å²) in [5.41, 5.74) is 5.23. The number of Topliss-reactive ketones (excluding diaryl/α,β-unsaturated/α-hetero) is 1. The zero-order valence-corrected chi connectivity index (χ0v) is 15.7. The van der Waals surface area contributed by atoms with Crippen LogP contribution in [0.2, 0.25) is 0 Å². The van der Waals surface area contributed by atoms with E-state index in [1.54, 1.807) is 18.6 Å². The summed E-state index contributed by atoms with van der Waals surface area (Å²) in [5.74, 6) is -0.0118. The fourth-order valence-electron chi connectivity index (χ4n) is 3.30. The van der Waals surface area contributed by atoms with Gasteiger partial charge in [-0.3, -0.25) is 9.78 Å². The first-order chi connectivity index (χ1) is 13.6. The minimum absolute atomic E-state index is 0.0118. The second-order valence-corrected chi connectivity index (χ2v) is 7.01. The van der Waals surface area contributed by atoms with Gasteiger partial charge in [0, 0.05) is 24.5 Å². The van der Waals surface area contributed by atoms with Crippen molar-refractivity contribution in [3.63, 3.8) is 0 Å². The lowest BCUT2D eigenvalue weighted by molar-refractivity contribution is 0.0988. The van der Waals surface area contributed by atoms with Gasteiger partial charge in [-0.2, -0.15) is 0 Å². The molecule has 2 heterocycles. The van der Waals surface area contributed by atoms with Gasteiger partial charge in [0.05, 0.1) is 24.1 Å². The molecule has 0 saturated carbocycles. The highest BCUT2D eigenvalue weighted by Gasteiger charge is 2.11. The van der Waals surface area contributed by atoms with Crippen LogP contribution in [-0.4, -0.2) is 25.4 Å². The highest BCUT2D eigenvalue weighted by atomic mass is 16.3. The van der Waals surface area contributed by atoms with Crippen LogP contribution in [-0.2, 0) is 19.6 Å². The van der Waals surface area contributed by atoms with Crippen LogP contribution in [0.15, 0.2) is 67.1 Å². The average molecular weight is 371 g/mol. The molecule has 5 heteroatoms. The third kappa shape index (κ3) is 4.00. The van der Waals surface area contributed by atoms with E-state index in [0.29, 0.717) is 24.4 Å². The van der Waals surface area contributed by atoms with Crippen molar-refractivity contribution < 1.29 is 9.90 Å². The molecule has 0 aliphatic rings. The predicted octanol–water partition coefficient (Wildman–Crippen LogP) is 3.71. The summed E-state index contributed by atoms with van der Waals surface area (Å²) in [7, 11) is 0. The molecule has 28 heavy (non-hydrogen) atoms. The Morgan fingerprint density at radius 3 is 2.79 bits per heavy atom. The van der Waals surface area contributed by atoms with Crippen molar-refractivity contribution in [1.29, 1.82) is 0 Å². The Balaban J connectivity index is 1.48. The average Bonchev–Trinajstić information content (AvgIpc) is 3.16. The molecule has 0 saturated heterocycles. The first kappa shape index (κ1) is 18.1. The molecule has 4 rings (SSSR count). The summed E-state index contributed by atoms with van der Waals surface area (Å²) in [4.78, 5) is 21.3. The molecule has 2 aromatic carbocycles. The van der Waals surface area contributed by atoms with E-state index < -0.39 is 0 Å². The van der Waals surface area contributed by atoms with Crippen molar-refractivity contribution in [3.8, 4) is 0 Å². The minimum Gasteiger partial charge on any atom is -0.390 e. The second kappa shape index (κ2) is 7.74. The lowest BCUT2D eigenvalue weighted by Crippen LogP contribution is -2.04. The fraction of sp³-hybridized carbons (Fsp3) is 0.174. The minimum atomic E-state index is -0.0820. The number of carbonyl (C=O) groups excluding carboxylic acids is 1. The fourth-order valence-corrected chi connectivity index (χ4v) is 3.30. The number of aliphatic hydroxyl groups is 1. The standard InChI is InChI=1S/C23H21N3O2/c1-16-3-2-4-18(9-16)12-26-13-22(24-15-26)23(28)11-17-5-8-21-19(10-17)6-7-20(14-27)25-21/h2-10,13,15,27H,11-12,14H2,1H3. The van der Waals surface area contributed by atoms with Crippen LogP contribution in [0.4, 0.5) is 0 Å².